The third kappa shape index (κ3) is 4.44. The van der Waals surface area contributed by atoms with Gasteiger partial charge in [0.15, 0.2) is 0 Å². The van der Waals surface area contributed by atoms with E-state index < -0.39 is 0 Å². The van der Waals surface area contributed by atoms with Crippen LogP contribution in [0, 0.1) is 12.8 Å². The monoisotopic (exact) mass is 244 g/mol. The molecule has 2 atom stereocenters. The summed E-state index contributed by atoms with van der Waals surface area (Å²) in [5.41, 5.74) is 2.44. The minimum absolute atomic E-state index is 0.240. The molecule has 0 heterocycles. The summed E-state index contributed by atoms with van der Waals surface area (Å²) >= 11 is 12.1. The highest BCUT2D eigenvalue weighted by Crippen LogP contribution is 2.23. The molecule has 0 aromatic heterocycles. The van der Waals surface area contributed by atoms with Crippen LogP contribution in [0.15, 0.2) is 18.2 Å². The van der Waals surface area contributed by atoms with Crippen LogP contribution in [0.5, 0.6) is 0 Å². The van der Waals surface area contributed by atoms with Gasteiger partial charge in [0.25, 0.3) is 0 Å². The van der Waals surface area contributed by atoms with Gasteiger partial charge in [0.2, 0.25) is 0 Å². The van der Waals surface area contributed by atoms with Crippen molar-refractivity contribution in [1.82, 2.24) is 0 Å². The van der Waals surface area contributed by atoms with E-state index in [-0.39, 0.29) is 5.38 Å². The molecular weight excluding hydrogens is 227 g/mol. The molecule has 84 valence electrons. The molecule has 1 rings (SSSR count). The lowest BCUT2D eigenvalue weighted by Crippen LogP contribution is -2.05. The molecular formula is C13H18Cl2. The first-order chi connectivity index (χ1) is 6.99. The van der Waals surface area contributed by atoms with Crippen molar-refractivity contribution in [2.45, 2.75) is 39.0 Å². The summed E-state index contributed by atoms with van der Waals surface area (Å²) in [7, 11) is 0. The lowest BCUT2D eigenvalue weighted by molar-refractivity contribution is 0.526. The number of hydrogen-bond acceptors (Lipinski definition) is 0. The topological polar surface area (TPSA) is 0 Å². The fourth-order valence-corrected chi connectivity index (χ4v) is 2.45. The molecule has 0 saturated carbocycles. The molecule has 0 radical (unpaired) electrons. The van der Waals surface area contributed by atoms with Crippen LogP contribution in [0.2, 0.25) is 5.02 Å². The number of halogens is 2. The van der Waals surface area contributed by atoms with E-state index in [4.69, 9.17) is 23.2 Å². The molecule has 0 saturated heterocycles. The van der Waals surface area contributed by atoms with E-state index in [1.165, 1.54) is 11.1 Å². The van der Waals surface area contributed by atoms with E-state index in [1.54, 1.807) is 0 Å². The van der Waals surface area contributed by atoms with Gasteiger partial charge in [0.05, 0.1) is 0 Å². The Morgan fingerprint density at radius 3 is 2.47 bits per heavy atom. The Morgan fingerprint density at radius 1 is 1.27 bits per heavy atom. The molecule has 0 N–H and O–H groups in total. The van der Waals surface area contributed by atoms with Crippen LogP contribution in [0.25, 0.3) is 0 Å². The lowest BCUT2D eigenvalue weighted by atomic mass is 9.96. The second kappa shape index (κ2) is 5.77. The molecule has 2 heteroatoms. The second-order valence-corrected chi connectivity index (χ2v) is 5.57. The zero-order chi connectivity index (χ0) is 11.4. The molecule has 2 unspecified atom stereocenters. The summed E-state index contributed by atoms with van der Waals surface area (Å²) in [4.78, 5) is 0. The first-order valence-corrected chi connectivity index (χ1v) is 6.19. The van der Waals surface area contributed by atoms with Crippen molar-refractivity contribution in [2.75, 3.05) is 0 Å². The van der Waals surface area contributed by atoms with Crippen molar-refractivity contribution in [2.24, 2.45) is 5.92 Å². The van der Waals surface area contributed by atoms with Crippen molar-refractivity contribution in [3.8, 4) is 0 Å². The first kappa shape index (κ1) is 12.9. The lowest BCUT2D eigenvalue weighted by Gasteiger charge is -2.14. The Balaban J connectivity index is 2.64. The summed E-state index contributed by atoms with van der Waals surface area (Å²) in [6.45, 7) is 6.31. The highest BCUT2D eigenvalue weighted by atomic mass is 35.5. The van der Waals surface area contributed by atoms with Gasteiger partial charge in [0, 0.05) is 10.4 Å². The Hall–Kier alpha value is -0.200. The number of aryl methyl sites for hydroxylation is 1. The van der Waals surface area contributed by atoms with Gasteiger partial charge in [-0.05, 0) is 49.8 Å². The summed E-state index contributed by atoms with van der Waals surface area (Å²) in [5, 5.41) is 1.12. The van der Waals surface area contributed by atoms with Gasteiger partial charge < -0.3 is 0 Å². The quantitative estimate of drug-likeness (QED) is 0.665. The van der Waals surface area contributed by atoms with E-state index in [0.717, 1.165) is 17.9 Å². The first-order valence-electron chi connectivity index (χ1n) is 5.38. The number of rotatable bonds is 4. The van der Waals surface area contributed by atoms with Crippen molar-refractivity contribution in [3.05, 3.63) is 34.3 Å². The zero-order valence-corrected chi connectivity index (χ0v) is 11.1. The van der Waals surface area contributed by atoms with Gasteiger partial charge in [-0.3, -0.25) is 0 Å². The molecule has 0 amide bonds. The summed E-state index contributed by atoms with van der Waals surface area (Å²) in [5.74, 6) is 0.581. The average Bonchev–Trinajstić information content (AvgIpc) is 2.08. The van der Waals surface area contributed by atoms with Crippen molar-refractivity contribution >= 4 is 23.2 Å². The summed E-state index contributed by atoms with van der Waals surface area (Å²) < 4.78 is 0. The van der Waals surface area contributed by atoms with E-state index in [0.29, 0.717) is 5.92 Å². The molecule has 0 bridgehead atoms. The third-order valence-corrected chi connectivity index (χ3v) is 3.03. The average molecular weight is 245 g/mol. The molecule has 0 aliphatic heterocycles. The number of benzene rings is 1. The summed E-state index contributed by atoms with van der Waals surface area (Å²) in [6, 6.07) is 6.25. The smallest absolute Gasteiger partial charge is 0.0440 e. The van der Waals surface area contributed by atoms with E-state index >= 15 is 0 Å². The van der Waals surface area contributed by atoms with Crippen LogP contribution in [-0.2, 0) is 6.42 Å². The van der Waals surface area contributed by atoms with Gasteiger partial charge in [0.1, 0.15) is 0 Å². The normalized spacial score (nSPS) is 15.0. The van der Waals surface area contributed by atoms with Gasteiger partial charge in [-0.1, -0.05) is 30.7 Å². The molecule has 0 nitrogen and oxygen atoms in total. The minimum Gasteiger partial charge on any atom is -0.123 e. The standard InChI is InChI=1S/C13H18Cl2/c1-9-4-5-12(13(15)8-9)7-10(2)6-11(3)14/h4-5,8,10-11H,6-7H2,1-3H3. The number of alkyl halides is 1. The van der Waals surface area contributed by atoms with Crippen molar-refractivity contribution in [1.29, 1.82) is 0 Å². The fourth-order valence-electron chi connectivity index (χ4n) is 1.83. The van der Waals surface area contributed by atoms with Gasteiger partial charge in [-0.15, -0.1) is 11.6 Å². The van der Waals surface area contributed by atoms with Crippen LogP contribution in [-0.4, -0.2) is 5.38 Å². The maximum atomic E-state index is 6.18. The molecule has 1 aromatic carbocycles. The Bertz CT molecular complexity index is 318. The maximum Gasteiger partial charge on any atom is 0.0440 e. The molecule has 0 fully saturated rings. The molecule has 0 aliphatic rings. The van der Waals surface area contributed by atoms with E-state index in [2.05, 4.69) is 26.0 Å². The van der Waals surface area contributed by atoms with Crippen LogP contribution in [0.1, 0.15) is 31.4 Å². The summed E-state index contributed by atoms with van der Waals surface area (Å²) in [6.07, 6.45) is 2.04. The minimum atomic E-state index is 0.240. The van der Waals surface area contributed by atoms with Crippen molar-refractivity contribution in [3.63, 3.8) is 0 Å². The largest absolute Gasteiger partial charge is 0.123 e. The van der Waals surface area contributed by atoms with Crippen LogP contribution >= 0.6 is 23.2 Å². The fraction of sp³-hybridized carbons (Fsp3) is 0.538. The van der Waals surface area contributed by atoms with Crippen LogP contribution in [0.4, 0.5) is 0 Å². The third-order valence-electron chi connectivity index (χ3n) is 2.50. The molecule has 15 heavy (non-hydrogen) atoms. The van der Waals surface area contributed by atoms with E-state index in [9.17, 15) is 0 Å². The van der Waals surface area contributed by atoms with Crippen molar-refractivity contribution < 1.29 is 0 Å². The SMILES string of the molecule is Cc1ccc(CC(C)CC(C)Cl)c(Cl)c1. The highest BCUT2D eigenvalue weighted by molar-refractivity contribution is 6.31. The number of hydrogen-bond donors (Lipinski definition) is 0. The maximum absolute atomic E-state index is 6.18. The van der Waals surface area contributed by atoms with Crippen LogP contribution < -0.4 is 0 Å². The Morgan fingerprint density at radius 2 is 1.93 bits per heavy atom. The predicted molar refractivity (Wildman–Crippen MR) is 69.0 cm³/mol. The Kier molecular flexibility index (Phi) is 4.95. The highest BCUT2D eigenvalue weighted by Gasteiger charge is 2.09. The van der Waals surface area contributed by atoms with Gasteiger partial charge in [-0.25, -0.2) is 0 Å². The van der Waals surface area contributed by atoms with Gasteiger partial charge >= 0.3 is 0 Å². The van der Waals surface area contributed by atoms with Crippen LogP contribution in [0.3, 0.4) is 0 Å². The Labute approximate surface area is 103 Å². The zero-order valence-electron chi connectivity index (χ0n) is 9.56. The molecule has 0 aliphatic carbocycles. The molecule has 1 aromatic rings. The van der Waals surface area contributed by atoms with E-state index in [1.807, 2.05) is 13.0 Å². The predicted octanol–water partition coefficient (Wildman–Crippen LogP) is 4.84. The molecule has 0 spiro atoms. The van der Waals surface area contributed by atoms with Gasteiger partial charge in [-0.2, -0.15) is 0 Å². The second-order valence-electron chi connectivity index (χ2n) is 4.42.